The molecule has 4 aliphatic rings. The molecule has 0 saturated carbocycles. The number of halogens is 1. The Bertz CT molecular complexity index is 1270. The lowest BCUT2D eigenvalue weighted by Gasteiger charge is -2.50. The van der Waals surface area contributed by atoms with Gasteiger partial charge in [-0.15, -0.1) is 11.6 Å². The Hall–Kier alpha value is -3.24. The van der Waals surface area contributed by atoms with E-state index in [4.69, 9.17) is 11.6 Å². The minimum absolute atomic E-state index is 0.118. The van der Waals surface area contributed by atoms with Gasteiger partial charge in [0.15, 0.2) is 5.78 Å². The van der Waals surface area contributed by atoms with Crippen molar-refractivity contribution in [1.82, 2.24) is 0 Å². The highest BCUT2D eigenvalue weighted by atomic mass is 35.5. The van der Waals surface area contributed by atoms with Gasteiger partial charge in [0.05, 0.1) is 17.5 Å². The summed E-state index contributed by atoms with van der Waals surface area (Å²) in [4.78, 5) is 39.5. The highest BCUT2D eigenvalue weighted by Crippen LogP contribution is 2.65. The molecule has 31 heavy (non-hydrogen) atoms. The first-order valence-electron chi connectivity index (χ1n) is 10.3. The fraction of sp³-hybridized carbons (Fsp3) is 0.192. The van der Waals surface area contributed by atoms with Gasteiger partial charge in [-0.25, -0.2) is 4.90 Å². The Morgan fingerprint density at radius 3 is 2.10 bits per heavy atom. The molecule has 0 radical (unpaired) electrons. The molecule has 4 nitrogen and oxygen atoms in total. The summed E-state index contributed by atoms with van der Waals surface area (Å²) >= 11 is 7.40. The van der Waals surface area contributed by atoms with E-state index in [1.807, 2.05) is 48.5 Å². The molecule has 1 fully saturated rings. The lowest BCUT2D eigenvalue weighted by molar-refractivity contribution is -0.122. The van der Waals surface area contributed by atoms with Gasteiger partial charge in [0.2, 0.25) is 11.8 Å². The van der Waals surface area contributed by atoms with E-state index < -0.39 is 16.7 Å². The van der Waals surface area contributed by atoms with Crippen molar-refractivity contribution in [3.63, 3.8) is 0 Å². The number of carbonyl (C=O) groups excluding carboxylic acids is 3. The summed E-state index contributed by atoms with van der Waals surface area (Å²) < 4.78 is 0. The van der Waals surface area contributed by atoms with Crippen molar-refractivity contribution in [2.75, 3.05) is 4.90 Å². The molecule has 0 spiro atoms. The van der Waals surface area contributed by atoms with E-state index in [2.05, 4.69) is 0 Å². The zero-order valence-corrected chi connectivity index (χ0v) is 17.5. The van der Waals surface area contributed by atoms with E-state index in [1.165, 1.54) is 11.8 Å². The molecule has 1 saturated heterocycles. The highest BCUT2D eigenvalue weighted by molar-refractivity contribution is 6.33. The van der Waals surface area contributed by atoms with Crippen LogP contribution < -0.4 is 4.90 Å². The van der Waals surface area contributed by atoms with Crippen LogP contribution in [0.3, 0.4) is 0 Å². The van der Waals surface area contributed by atoms with E-state index in [1.54, 1.807) is 24.3 Å². The van der Waals surface area contributed by atoms with E-state index in [-0.39, 0.29) is 23.5 Å². The third-order valence-electron chi connectivity index (χ3n) is 7.03. The Morgan fingerprint density at radius 2 is 1.48 bits per heavy atom. The molecule has 3 aliphatic carbocycles. The molecule has 2 atom stereocenters. The first kappa shape index (κ1) is 18.5. The first-order valence-corrected chi connectivity index (χ1v) is 10.7. The van der Waals surface area contributed by atoms with Crippen molar-refractivity contribution >= 4 is 34.9 Å². The van der Waals surface area contributed by atoms with Gasteiger partial charge in [-0.3, -0.25) is 14.4 Å². The fourth-order valence-corrected chi connectivity index (χ4v) is 6.37. The van der Waals surface area contributed by atoms with Crippen molar-refractivity contribution in [2.24, 2.45) is 11.8 Å². The highest BCUT2D eigenvalue weighted by Gasteiger charge is 2.67. The van der Waals surface area contributed by atoms with Crippen LogP contribution in [0, 0.1) is 11.8 Å². The van der Waals surface area contributed by atoms with Crippen LogP contribution >= 0.6 is 11.6 Å². The smallest absolute Gasteiger partial charge is 0.240 e. The van der Waals surface area contributed by atoms with E-state index in [0.717, 1.165) is 22.3 Å². The molecular formula is C26H18ClNO3. The molecule has 0 aromatic heterocycles. The molecule has 2 amide bonds. The second-order valence-electron chi connectivity index (χ2n) is 8.49. The third-order valence-corrected chi connectivity index (χ3v) is 7.67. The SMILES string of the molecule is CC(=O)c1cccc(N2C(=O)[C@@H]3C4c5ccccc5C(Cl)(c5ccccc54)[C@@H]3C2=O)c1. The summed E-state index contributed by atoms with van der Waals surface area (Å²) in [6.45, 7) is 1.47. The number of anilines is 1. The fourth-order valence-electron chi connectivity index (χ4n) is 5.80. The second kappa shape index (κ2) is 6.14. The summed E-state index contributed by atoms with van der Waals surface area (Å²) in [5.41, 5.74) is 4.72. The standard InChI is InChI=1S/C26H18ClNO3/c1-14(29)15-7-6-8-16(13-15)28-24(30)22-21-17-9-2-4-11-19(17)26(27,23(22)25(28)31)20-12-5-3-10-18(20)21/h2-13,21-23H,1H3/t21?,22-,23+,26?/m1/s1. The Labute approximate surface area is 184 Å². The number of hydrogen-bond donors (Lipinski definition) is 0. The van der Waals surface area contributed by atoms with E-state index in [9.17, 15) is 14.4 Å². The summed E-state index contributed by atoms with van der Waals surface area (Å²) in [5.74, 6) is -2.18. The molecule has 0 unspecified atom stereocenters. The van der Waals surface area contributed by atoms with Crippen molar-refractivity contribution in [2.45, 2.75) is 17.7 Å². The lowest BCUT2D eigenvalue weighted by Crippen LogP contribution is -2.50. The molecule has 1 aliphatic heterocycles. The van der Waals surface area contributed by atoms with E-state index >= 15 is 0 Å². The zero-order chi connectivity index (χ0) is 21.5. The Balaban J connectivity index is 1.58. The molecule has 1 heterocycles. The maximum absolute atomic E-state index is 13.8. The largest absolute Gasteiger partial charge is 0.295 e. The summed E-state index contributed by atoms with van der Waals surface area (Å²) in [6.07, 6.45) is 0. The van der Waals surface area contributed by atoms with E-state index in [0.29, 0.717) is 11.3 Å². The van der Waals surface area contributed by atoms with Crippen LogP contribution in [0.2, 0.25) is 0 Å². The van der Waals surface area contributed by atoms with Crippen molar-refractivity contribution in [1.29, 1.82) is 0 Å². The maximum atomic E-state index is 13.8. The topological polar surface area (TPSA) is 54.5 Å². The molecular weight excluding hydrogens is 410 g/mol. The van der Waals surface area contributed by atoms with Crippen LogP contribution in [0.25, 0.3) is 0 Å². The number of hydrogen-bond acceptors (Lipinski definition) is 3. The molecule has 152 valence electrons. The molecule has 7 rings (SSSR count). The number of alkyl halides is 1. The van der Waals surface area contributed by atoms with Gasteiger partial charge in [-0.2, -0.15) is 0 Å². The second-order valence-corrected chi connectivity index (χ2v) is 9.08. The van der Waals surface area contributed by atoms with Gasteiger partial charge < -0.3 is 0 Å². The molecule has 3 aromatic rings. The van der Waals surface area contributed by atoms with Gasteiger partial charge in [-0.1, -0.05) is 60.7 Å². The van der Waals surface area contributed by atoms with Crippen LogP contribution in [0.4, 0.5) is 5.69 Å². The van der Waals surface area contributed by atoms with Gasteiger partial charge in [0.25, 0.3) is 0 Å². The number of ketones is 1. The zero-order valence-electron chi connectivity index (χ0n) is 16.7. The quantitative estimate of drug-likeness (QED) is 0.340. The summed E-state index contributed by atoms with van der Waals surface area (Å²) in [6, 6.07) is 22.4. The summed E-state index contributed by atoms with van der Waals surface area (Å²) in [5, 5.41) is 0. The van der Waals surface area contributed by atoms with Crippen LogP contribution in [0.5, 0.6) is 0 Å². The first-order chi connectivity index (χ1) is 14.9. The van der Waals surface area contributed by atoms with Crippen molar-refractivity contribution < 1.29 is 14.4 Å². The maximum Gasteiger partial charge on any atom is 0.240 e. The number of benzene rings is 3. The van der Waals surface area contributed by atoms with Gasteiger partial charge >= 0.3 is 0 Å². The van der Waals surface area contributed by atoms with Crippen LogP contribution in [-0.2, 0) is 14.5 Å². The van der Waals surface area contributed by atoms with Crippen LogP contribution in [0.1, 0.15) is 45.5 Å². The number of Topliss-reactive ketones (excluding diaryl/α,β-unsaturated/α-hetero) is 1. The number of amides is 2. The Morgan fingerprint density at radius 1 is 0.871 bits per heavy atom. The number of nitrogens with zero attached hydrogens (tertiary/aromatic N) is 1. The van der Waals surface area contributed by atoms with Crippen LogP contribution in [-0.4, -0.2) is 17.6 Å². The predicted molar refractivity (Wildman–Crippen MR) is 117 cm³/mol. The Kier molecular flexibility index (Phi) is 3.67. The van der Waals surface area contributed by atoms with Gasteiger partial charge in [0, 0.05) is 11.5 Å². The van der Waals surface area contributed by atoms with Gasteiger partial charge in [0.1, 0.15) is 4.87 Å². The van der Waals surface area contributed by atoms with Crippen molar-refractivity contribution in [3.8, 4) is 0 Å². The number of carbonyl (C=O) groups is 3. The average molecular weight is 428 g/mol. The molecule has 3 aromatic carbocycles. The summed E-state index contributed by atoms with van der Waals surface area (Å²) in [7, 11) is 0. The molecule has 0 N–H and O–H groups in total. The number of rotatable bonds is 2. The predicted octanol–water partition coefficient (Wildman–Crippen LogP) is 4.64. The van der Waals surface area contributed by atoms with Crippen LogP contribution in [0.15, 0.2) is 72.8 Å². The third kappa shape index (κ3) is 2.18. The monoisotopic (exact) mass is 427 g/mol. The lowest BCUT2D eigenvalue weighted by atomic mass is 9.54. The average Bonchev–Trinajstić information content (AvgIpc) is 3.06. The van der Waals surface area contributed by atoms with Crippen molar-refractivity contribution in [3.05, 3.63) is 101 Å². The minimum atomic E-state index is -1.10. The normalized spacial score (nSPS) is 27.7. The minimum Gasteiger partial charge on any atom is -0.295 e. The number of imide groups is 1. The van der Waals surface area contributed by atoms with Gasteiger partial charge in [-0.05, 0) is 41.3 Å². The molecule has 2 bridgehead atoms. The molecule has 5 heteroatoms.